The highest BCUT2D eigenvalue weighted by Gasteiger charge is 1.95. The van der Waals surface area contributed by atoms with Crippen molar-refractivity contribution >= 4 is 17.4 Å². The van der Waals surface area contributed by atoms with Gasteiger partial charge < -0.3 is 0 Å². The fourth-order valence-corrected chi connectivity index (χ4v) is 0.566. The summed E-state index contributed by atoms with van der Waals surface area (Å²) in [5, 5.41) is 3.29. The molecular weight excluding hydrogens is 154 g/mol. The number of hydrogen-bond donors (Lipinski definition) is 0. The summed E-state index contributed by atoms with van der Waals surface area (Å²) < 4.78 is 0. The maximum absolute atomic E-state index is 7.98. The Labute approximate surface area is 61.3 Å². The van der Waals surface area contributed by atoms with Crippen molar-refractivity contribution in [2.24, 2.45) is 5.11 Å². The highest BCUT2D eigenvalue weighted by atomic mass is 35.5. The summed E-state index contributed by atoms with van der Waals surface area (Å²) in [5.41, 5.74) is 7.98. The van der Waals surface area contributed by atoms with Crippen LogP contribution < -0.4 is 0 Å². The number of halogens is 1. The molecule has 6 heteroatoms. The summed E-state index contributed by atoms with van der Waals surface area (Å²) in [6, 6.07) is 0. The van der Waals surface area contributed by atoms with Gasteiger partial charge in [0.1, 0.15) is 0 Å². The third kappa shape index (κ3) is 1.34. The third-order valence-electron chi connectivity index (χ3n) is 0.775. The van der Waals surface area contributed by atoms with E-state index in [1.807, 2.05) is 0 Å². The Morgan fingerprint density at radius 1 is 1.50 bits per heavy atom. The lowest BCUT2D eigenvalue weighted by Gasteiger charge is -1.89. The molecule has 0 saturated carbocycles. The molecule has 1 aromatic heterocycles. The fourth-order valence-electron chi connectivity index (χ4n) is 0.423. The molecule has 0 spiro atoms. The summed E-state index contributed by atoms with van der Waals surface area (Å²) in [7, 11) is 0. The van der Waals surface area contributed by atoms with Crippen LogP contribution in [0.2, 0.25) is 5.15 Å². The molecule has 1 heterocycles. The highest BCUT2D eigenvalue weighted by Crippen LogP contribution is 2.16. The average Bonchev–Trinajstić information content (AvgIpc) is 1.94. The molecule has 0 aromatic carbocycles. The lowest BCUT2D eigenvalue weighted by Crippen LogP contribution is -1.76. The lowest BCUT2D eigenvalue weighted by molar-refractivity contribution is 1.17. The van der Waals surface area contributed by atoms with Gasteiger partial charge in [-0.1, -0.05) is 11.6 Å². The first-order valence-corrected chi connectivity index (χ1v) is 2.74. The summed E-state index contributed by atoms with van der Waals surface area (Å²) in [5.74, 6) is 0.103. The first-order valence-electron chi connectivity index (χ1n) is 2.36. The molecule has 10 heavy (non-hydrogen) atoms. The third-order valence-corrected chi connectivity index (χ3v) is 1.04. The van der Waals surface area contributed by atoms with Crippen LogP contribution in [-0.4, -0.2) is 9.97 Å². The predicted octanol–water partition coefficient (Wildman–Crippen LogP) is 2.07. The van der Waals surface area contributed by atoms with Gasteiger partial charge in [0.15, 0.2) is 11.0 Å². The van der Waals surface area contributed by atoms with Crippen molar-refractivity contribution in [1.29, 1.82) is 0 Å². The minimum Gasteiger partial charge on any atom is -0.250 e. The SMILES string of the molecule is [N-]=[N+]=Nc1nccnc1Cl. The van der Waals surface area contributed by atoms with Crippen molar-refractivity contribution in [1.82, 2.24) is 9.97 Å². The number of hydrogen-bond acceptors (Lipinski definition) is 3. The molecule has 0 unspecified atom stereocenters. The monoisotopic (exact) mass is 155 g/mol. The van der Waals surface area contributed by atoms with Crippen molar-refractivity contribution in [3.05, 3.63) is 28.0 Å². The normalized spacial score (nSPS) is 8.50. The highest BCUT2D eigenvalue weighted by molar-refractivity contribution is 6.31. The van der Waals surface area contributed by atoms with E-state index in [1.165, 1.54) is 12.4 Å². The molecular formula is C4H2ClN5. The van der Waals surface area contributed by atoms with Crippen LogP contribution in [0.5, 0.6) is 0 Å². The van der Waals surface area contributed by atoms with Gasteiger partial charge in [-0.25, -0.2) is 9.97 Å². The van der Waals surface area contributed by atoms with Crippen LogP contribution in [0, 0.1) is 0 Å². The van der Waals surface area contributed by atoms with Gasteiger partial charge in [0.25, 0.3) is 0 Å². The molecule has 0 amide bonds. The first kappa shape index (κ1) is 6.80. The molecule has 1 rings (SSSR count). The number of aromatic nitrogens is 2. The van der Waals surface area contributed by atoms with E-state index in [2.05, 4.69) is 20.0 Å². The Morgan fingerprint density at radius 2 is 2.20 bits per heavy atom. The number of azide groups is 1. The van der Waals surface area contributed by atoms with Gasteiger partial charge >= 0.3 is 0 Å². The van der Waals surface area contributed by atoms with E-state index in [4.69, 9.17) is 17.1 Å². The maximum Gasteiger partial charge on any atom is 0.164 e. The topological polar surface area (TPSA) is 74.5 Å². The minimum absolute atomic E-state index is 0.103. The molecule has 50 valence electrons. The van der Waals surface area contributed by atoms with Gasteiger partial charge in [0.05, 0.1) is 0 Å². The van der Waals surface area contributed by atoms with E-state index in [-0.39, 0.29) is 11.0 Å². The molecule has 0 atom stereocenters. The largest absolute Gasteiger partial charge is 0.250 e. The van der Waals surface area contributed by atoms with E-state index < -0.39 is 0 Å². The Kier molecular flexibility index (Phi) is 2.04. The number of rotatable bonds is 1. The van der Waals surface area contributed by atoms with Crippen LogP contribution in [0.15, 0.2) is 17.5 Å². The van der Waals surface area contributed by atoms with Crippen molar-refractivity contribution in [2.75, 3.05) is 0 Å². The zero-order chi connectivity index (χ0) is 7.40. The van der Waals surface area contributed by atoms with Crippen LogP contribution in [0.25, 0.3) is 10.4 Å². The van der Waals surface area contributed by atoms with Gasteiger partial charge in [-0.3, -0.25) is 0 Å². The second-order valence-corrected chi connectivity index (χ2v) is 1.72. The second kappa shape index (κ2) is 3.00. The molecule has 0 radical (unpaired) electrons. The molecule has 0 aliphatic carbocycles. The fraction of sp³-hybridized carbons (Fsp3) is 0. The summed E-state index contributed by atoms with van der Waals surface area (Å²) in [4.78, 5) is 9.79. The summed E-state index contributed by atoms with van der Waals surface area (Å²) in [6.45, 7) is 0. The average molecular weight is 156 g/mol. The van der Waals surface area contributed by atoms with Crippen LogP contribution >= 0.6 is 11.6 Å². The first-order chi connectivity index (χ1) is 4.84. The summed E-state index contributed by atoms with van der Waals surface area (Å²) in [6.07, 6.45) is 2.81. The van der Waals surface area contributed by atoms with Gasteiger partial charge in [0, 0.05) is 17.3 Å². The molecule has 0 bridgehead atoms. The van der Waals surface area contributed by atoms with E-state index in [9.17, 15) is 0 Å². The quantitative estimate of drug-likeness (QED) is 0.354. The maximum atomic E-state index is 7.98. The Balaban J connectivity index is 3.14. The van der Waals surface area contributed by atoms with Gasteiger partial charge in [-0.05, 0) is 10.6 Å². The van der Waals surface area contributed by atoms with Crippen molar-refractivity contribution < 1.29 is 0 Å². The van der Waals surface area contributed by atoms with Gasteiger partial charge in [0.2, 0.25) is 0 Å². The molecule has 0 saturated heterocycles. The standard InChI is InChI=1S/C4H2ClN5/c5-3-4(9-10-6)8-2-1-7-3/h1-2H. The van der Waals surface area contributed by atoms with E-state index in [0.29, 0.717) is 0 Å². The van der Waals surface area contributed by atoms with Crippen molar-refractivity contribution in [2.45, 2.75) is 0 Å². The molecule has 1 aromatic rings. The molecule has 5 nitrogen and oxygen atoms in total. The second-order valence-electron chi connectivity index (χ2n) is 1.36. The van der Waals surface area contributed by atoms with Gasteiger partial charge in [-0.15, -0.1) is 0 Å². The molecule has 0 fully saturated rings. The van der Waals surface area contributed by atoms with Crippen LogP contribution in [0.1, 0.15) is 0 Å². The minimum atomic E-state index is 0.103. The molecule has 0 aliphatic rings. The molecule has 0 N–H and O–H groups in total. The summed E-state index contributed by atoms with van der Waals surface area (Å²) >= 11 is 5.46. The predicted molar refractivity (Wildman–Crippen MR) is 35.8 cm³/mol. The van der Waals surface area contributed by atoms with Crippen molar-refractivity contribution in [3.63, 3.8) is 0 Å². The smallest absolute Gasteiger partial charge is 0.164 e. The van der Waals surface area contributed by atoms with Gasteiger partial charge in [-0.2, -0.15) is 0 Å². The van der Waals surface area contributed by atoms with Crippen LogP contribution in [0.4, 0.5) is 5.82 Å². The van der Waals surface area contributed by atoms with Crippen LogP contribution in [0.3, 0.4) is 0 Å². The van der Waals surface area contributed by atoms with E-state index in [1.54, 1.807) is 0 Å². The zero-order valence-electron chi connectivity index (χ0n) is 4.77. The lowest BCUT2D eigenvalue weighted by atomic mass is 10.7. The Bertz CT molecular complexity index is 279. The van der Waals surface area contributed by atoms with E-state index >= 15 is 0 Å². The Morgan fingerprint density at radius 3 is 2.80 bits per heavy atom. The van der Waals surface area contributed by atoms with E-state index in [0.717, 1.165) is 0 Å². The number of nitrogens with zero attached hydrogens (tertiary/aromatic N) is 5. The molecule has 0 aliphatic heterocycles. The Hall–Kier alpha value is -1.32. The van der Waals surface area contributed by atoms with Crippen LogP contribution in [-0.2, 0) is 0 Å². The zero-order valence-corrected chi connectivity index (χ0v) is 5.52. The van der Waals surface area contributed by atoms with Crippen molar-refractivity contribution in [3.8, 4) is 0 Å².